The Labute approximate surface area is 91.4 Å². The Morgan fingerprint density at radius 3 is 2.86 bits per heavy atom. The normalized spacial score (nSPS) is 10.8. The SMILES string of the molecule is Cc1nn(C)cc1-c1nc(CCl)cs1. The average Bonchev–Trinajstić information content (AvgIpc) is 2.71. The zero-order valence-corrected chi connectivity index (χ0v) is 9.56. The van der Waals surface area contributed by atoms with Gasteiger partial charge in [0.25, 0.3) is 0 Å². The molecule has 2 heterocycles. The first-order valence-corrected chi connectivity index (χ1v) is 5.63. The van der Waals surface area contributed by atoms with Gasteiger partial charge in [-0.25, -0.2) is 4.98 Å². The molecule has 74 valence electrons. The predicted molar refractivity (Wildman–Crippen MR) is 58.6 cm³/mol. The first-order valence-electron chi connectivity index (χ1n) is 4.21. The van der Waals surface area contributed by atoms with Crippen molar-refractivity contribution in [3.05, 3.63) is 23.0 Å². The van der Waals surface area contributed by atoms with E-state index in [1.165, 1.54) is 0 Å². The van der Waals surface area contributed by atoms with Crippen LogP contribution in [0.15, 0.2) is 11.6 Å². The Kier molecular flexibility index (Phi) is 2.56. The molecule has 0 bridgehead atoms. The van der Waals surface area contributed by atoms with Crippen molar-refractivity contribution in [2.75, 3.05) is 0 Å². The van der Waals surface area contributed by atoms with E-state index in [1.807, 2.05) is 25.5 Å². The van der Waals surface area contributed by atoms with Crippen molar-refractivity contribution in [2.24, 2.45) is 7.05 Å². The third-order valence-corrected chi connectivity index (χ3v) is 3.13. The molecule has 2 rings (SSSR count). The van der Waals surface area contributed by atoms with Crippen molar-refractivity contribution < 1.29 is 0 Å². The minimum atomic E-state index is 0.468. The Balaban J connectivity index is 2.43. The van der Waals surface area contributed by atoms with Gasteiger partial charge >= 0.3 is 0 Å². The lowest BCUT2D eigenvalue weighted by Gasteiger charge is -1.89. The molecule has 0 amide bonds. The molecule has 0 atom stereocenters. The first-order chi connectivity index (χ1) is 6.70. The summed E-state index contributed by atoms with van der Waals surface area (Å²) in [6.07, 6.45) is 1.98. The molecule has 0 fully saturated rings. The Hall–Kier alpha value is -0.870. The quantitative estimate of drug-likeness (QED) is 0.739. The molecule has 0 aliphatic heterocycles. The maximum absolute atomic E-state index is 5.70. The summed E-state index contributed by atoms with van der Waals surface area (Å²) in [5, 5.41) is 7.25. The Morgan fingerprint density at radius 1 is 1.57 bits per heavy atom. The number of halogens is 1. The van der Waals surface area contributed by atoms with Crippen molar-refractivity contribution in [3.8, 4) is 10.6 Å². The second-order valence-electron chi connectivity index (χ2n) is 3.08. The molecule has 0 aliphatic rings. The highest BCUT2D eigenvalue weighted by atomic mass is 35.5. The number of rotatable bonds is 2. The predicted octanol–water partition coefficient (Wildman–Crippen LogP) is 2.59. The molecule has 2 aromatic rings. The van der Waals surface area contributed by atoms with Gasteiger partial charge in [-0.15, -0.1) is 22.9 Å². The summed E-state index contributed by atoms with van der Waals surface area (Å²) < 4.78 is 1.80. The summed E-state index contributed by atoms with van der Waals surface area (Å²) >= 11 is 7.30. The molecule has 0 radical (unpaired) electrons. The van der Waals surface area contributed by atoms with Gasteiger partial charge in [0, 0.05) is 18.6 Å². The lowest BCUT2D eigenvalue weighted by Crippen LogP contribution is -1.86. The summed E-state index contributed by atoms with van der Waals surface area (Å²) in [6.45, 7) is 1.98. The summed E-state index contributed by atoms with van der Waals surface area (Å²) in [5.74, 6) is 0.468. The molecule has 0 unspecified atom stereocenters. The molecular formula is C9H10ClN3S. The lowest BCUT2D eigenvalue weighted by molar-refractivity contribution is 0.756. The summed E-state index contributed by atoms with van der Waals surface area (Å²) in [5.41, 5.74) is 3.02. The zero-order chi connectivity index (χ0) is 10.1. The topological polar surface area (TPSA) is 30.7 Å². The monoisotopic (exact) mass is 227 g/mol. The average molecular weight is 228 g/mol. The van der Waals surface area contributed by atoms with E-state index in [0.717, 1.165) is 22.0 Å². The number of aryl methyl sites for hydroxylation is 2. The van der Waals surface area contributed by atoms with Gasteiger partial charge in [0.05, 0.1) is 22.8 Å². The van der Waals surface area contributed by atoms with Gasteiger partial charge in [0.2, 0.25) is 0 Å². The van der Waals surface area contributed by atoms with Gasteiger partial charge in [0.15, 0.2) is 0 Å². The fraction of sp³-hybridized carbons (Fsp3) is 0.333. The van der Waals surface area contributed by atoms with Crippen molar-refractivity contribution in [2.45, 2.75) is 12.8 Å². The van der Waals surface area contributed by atoms with Crippen LogP contribution < -0.4 is 0 Å². The Morgan fingerprint density at radius 2 is 2.36 bits per heavy atom. The highest BCUT2D eigenvalue weighted by molar-refractivity contribution is 7.13. The van der Waals surface area contributed by atoms with Crippen molar-refractivity contribution in [3.63, 3.8) is 0 Å². The van der Waals surface area contributed by atoms with Crippen LogP contribution in [0.3, 0.4) is 0 Å². The minimum absolute atomic E-state index is 0.468. The largest absolute Gasteiger partial charge is 0.275 e. The third-order valence-electron chi connectivity index (χ3n) is 1.93. The van der Waals surface area contributed by atoms with Crippen molar-refractivity contribution in [1.29, 1.82) is 0 Å². The fourth-order valence-corrected chi connectivity index (χ4v) is 2.41. The molecule has 0 aliphatic carbocycles. The van der Waals surface area contributed by atoms with E-state index in [9.17, 15) is 0 Å². The van der Waals surface area contributed by atoms with Crippen LogP contribution in [0.2, 0.25) is 0 Å². The van der Waals surface area contributed by atoms with E-state index in [4.69, 9.17) is 11.6 Å². The van der Waals surface area contributed by atoms with Crippen LogP contribution in [0.4, 0.5) is 0 Å². The maximum Gasteiger partial charge on any atom is 0.127 e. The molecule has 0 saturated heterocycles. The lowest BCUT2D eigenvalue weighted by atomic mass is 10.3. The van der Waals surface area contributed by atoms with Crippen LogP contribution in [0, 0.1) is 6.92 Å². The van der Waals surface area contributed by atoms with E-state index in [1.54, 1.807) is 16.0 Å². The van der Waals surface area contributed by atoms with Crippen molar-refractivity contribution in [1.82, 2.24) is 14.8 Å². The summed E-state index contributed by atoms with van der Waals surface area (Å²) in [7, 11) is 1.91. The van der Waals surface area contributed by atoms with Gasteiger partial charge in [-0.3, -0.25) is 4.68 Å². The second-order valence-corrected chi connectivity index (χ2v) is 4.20. The van der Waals surface area contributed by atoms with E-state index in [2.05, 4.69) is 10.1 Å². The summed E-state index contributed by atoms with van der Waals surface area (Å²) in [4.78, 5) is 4.41. The molecule has 14 heavy (non-hydrogen) atoms. The third kappa shape index (κ3) is 1.67. The van der Waals surface area contributed by atoms with Crippen LogP contribution in [-0.2, 0) is 12.9 Å². The zero-order valence-electron chi connectivity index (χ0n) is 7.99. The van der Waals surface area contributed by atoms with Gasteiger partial charge < -0.3 is 0 Å². The maximum atomic E-state index is 5.70. The number of alkyl halides is 1. The van der Waals surface area contributed by atoms with Crippen LogP contribution in [0.1, 0.15) is 11.4 Å². The van der Waals surface area contributed by atoms with Crippen LogP contribution >= 0.6 is 22.9 Å². The number of hydrogen-bond donors (Lipinski definition) is 0. The molecule has 0 saturated carbocycles. The molecule has 0 N–H and O–H groups in total. The molecule has 3 nitrogen and oxygen atoms in total. The van der Waals surface area contributed by atoms with E-state index in [-0.39, 0.29) is 0 Å². The van der Waals surface area contributed by atoms with Crippen LogP contribution in [-0.4, -0.2) is 14.8 Å². The van der Waals surface area contributed by atoms with Gasteiger partial charge in [-0.1, -0.05) is 0 Å². The van der Waals surface area contributed by atoms with Gasteiger partial charge in [-0.2, -0.15) is 5.10 Å². The van der Waals surface area contributed by atoms with Gasteiger partial charge in [0.1, 0.15) is 5.01 Å². The molecule has 2 aromatic heterocycles. The number of aromatic nitrogens is 3. The fourth-order valence-electron chi connectivity index (χ4n) is 1.30. The molecule has 0 aromatic carbocycles. The van der Waals surface area contributed by atoms with Gasteiger partial charge in [-0.05, 0) is 6.92 Å². The Bertz CT molecular complexity index is 447. The van der Waals surface area contributed by atoms with Crippen molar-refractivity contribution >= 4 is 22.9 Å². The van der Waals surface area contributed by atoms with Crippen LogP contribution in [0.5, 0.6) is 0 Å². The standard InChI is InChI=1S/C9H10ClN3S/c1-6-8(4-13(2)12-6)9-11-7(3-10)5-14-9/h4-5H,3H2,1-2H3. The molecule has 5 heteroatoms. The van der Waals surface area contributed by atoms with E-state index >= 15 is 0 Å². The minimum Gasteiger partial charge on any atom is -0.275 e. The van der Waals surface area contributed by atoms with E-state index in [0.29, 0.717) is 5.88 Å². The summed E-state index contributed by atoms with van der Waals surface area (Å²) in [6, 6.07) is 0. The molecular weight excluding hydrogens is 218 g/mol. The second kappa shape index (κ2) is 3.71. The smallest absolute Gasteiger partial charge is 0.127 e. The highest BCUT2D eigenvalue weighted by Gasteiger charge is 2.09. The molecule has 0 spiro atoms. The number of nitrogens with zero attached hydrogens (tertiary/aromatic N) is 3. The first kappa shape index (κ1) is 9.68. The number of thiazole rings is 1. The van der Waals surface area contributed by atoms with E-state index < -0.39 is 0 Å². The number of hydrogen-bond acceptors (Lipinski definition) is 3. The van der Waals surface area contributed by atoms with Crippen LogP contribution in [0.25, 0.3) is 10.6 Å². The highest BCUT2D eigenvalue weighted by Crippen LogP contribution is 2.26.